The van der Waals surface area contributed by atoms with Gasteiger partial charge in [-0.1, -0.05) is 41.9 Å². The summed E-state index contributed by atoms with van der Waals surface area (Å²) < 4.78 is 5.56. The van der Waals surface area contributed by atoms with Crippen LogP contribution in [0, 0.1) is 0 Å². The van der Waals surface area contributed by atoms with Crippen LogP contribution in [0.1, 0.15) is 18.2 Å². The van der Waals surface area contributed by atoms with Gasteiger partial charge in [-0.3, -0.25) is 0 Å². The van der Waals surface area contributed by atoms with Gasteiger partial charge in [-0.05, 0) is 36.8 Å². The zero-order valence-electron chi connectivity index (χ0n) is 15.0. The van der Waals surface area contributed by atoms with Crippen molar-refractivity contribution in [3.63, 3.8) is 0 Å². The molecule has 0 fully saturated rings. The predicted molar refractivity (Wildman–Crippen MR) is 120 cm³/mol. The number of oxazole rings is 1. The van der Waals surface area contributed by atoms with Crippen LogP contribution in [0.2, 0.25) is 5.02 Å². The van der Waals surface area contributed by atoms with E-state index in [4.69, 9.17) is 16.0 Å². The van der Waals surface area contributed by atoms with Gasteiger partial charge >= 0.3 is 0 Å². The summed E-state index contributed by atoms with van der Waals surface area (Å²) >= 11 is 5.91. The summed E-state index contributed by atoms with van der Waals surface area (Å²) in [6.07, 6.45) is 1.66. The standard InChI is InChI=1S/C20H21ClN4O.HI/c1-2-22-20(23-12-15-8-10-17(21)11-9-15)24-13-18-14-26-19(25-18)16-6-4-3-5-7-16;/h3-11,14H,2,12-13H2,1H3,(H2,22,23,24);1H. The number of benzene rings is 2. The molecule has 0 atom stereocenters. The van der Waals surface area contributed by atoms with Crippen molar-refractivity contribution in [3.8, 4) is 11.5 Å². The lowest BCUT2D eigenvalue weighted by molar-refractivity contribution is 0.572. The van der Waals surface area contributed by atoms with E-state index in [9.17, 15) is 0 Å². The lowest BCUT2D eigenvalue weighted by Crippen LogP contribution is -2.36. The smallest absolute Gasteiger partial charge is 0.226 e. The molecule has 2 aromatic carbocycles. The molecule has 0 spiro atoms. The fraction of sp³-hybridized carbons (Fsp3) is 0.200. The summed E-state index contributed by atoms with van der Waals surface area (Å²) in [7, 11) is 0. The zero-order valence-corrected chi connectivity index (χ0v) is 18.1. The number of halogens is 2. The van der Waals surface area contributed by atoms with Crippen LogP contribution in [0.15, 0.2) is 70.3 Å². The second kappa shape index (κ2) is 10.9. The fourth-order valence-corrected chi connectivity index (χ4v) is 2.50. The van der Waals surface area contributed by atoms with Gasteiger partial charge < -0.3 is 15.1 Å². The molecule has 5 nitrogen and oxygen atoms in total. The van der Waals surface area contributed by atoms with Gasteiger partial charge in [0, 0.05) is 17.1 Å². The summed E-state index contributed by atoms with van der Waals surface area (Å²) in [5.41, 5.74) is 2.88. The molecular weight excluding hydrogens is 475 g/mol. The highest BCUT2D eigenvalue weighted by Gasteiger charge is 2.07. The molecule has 1 heterocycles. The Balaban J connectivity index is 0.00000261. The van der Waals surface area contributed by atoms with Crippen molar-refractivity contribution in [2.75, 3.05) is 6.54 Å². The number of nitrogens with one attached hydrogen (secondary N) is 2. The van der Waals surface area contributed by atoms with Gasteiger partial charge in [0.1, 0.15) is 6.26 Å². The van der Waals surface area contributed by atoms with Gasteiger partial charge in [0.25, 0.3) is 0 Å². The first-order valence-electron chi connectivity index (χ1n) is 8.51. The van der Waals surface area contributed by atoms with Crippen molar-refractivity contribution in [1.29, 1.82) is 0 Å². The molecule has 0 radical (unpaired) electrons. The molecular formula is C20H22ClIN4O. The third-order valence-corrected chi connectivity index (χ3v) is 3.94. The van der Waals surface area contributed by atoms with E-state index in [2.05, 4.69) is 20.6 Å². The van der Waals surface area contributed by atoms with Crippen LogP contribution >= 0.6 is 35.6 Å². The molecule has 0 aliphatic carbocycles. The quantitative estimate of drug-likeness (QED) is 0.290. The molecule has 0 aliphatic heterocycles. The van der Waals surface area contributed by atoms with Crippen LogP contribution in [0.3, 0.4) is 0 Å². The number of nitrogens with zero attached hydrogens (tertiary/aromatic N) is 2. The number of hydrogen-bond donors (Lipinski definition) is 2. The van der Waals surface area contributed by atoms with Crippen LogP contribution in [-0.2, 0) is 13.1 Å². The topological polar surface area (TPSA) is 62.5 Å². The van der Waals surface area contributed by atoms with Crippen molar-refractivity contribution in [1.82, 2.24) is 15.6 Å². The Morgan fingerprint density at radius 3 is 2.52 bits per heavy atom. The molecule has 3 rings (SSSR count). The summed E-state index contributed by atoms with van der Waals surface area (Å²) in [5, 5.41) is 7.23. The molecule has 1 aromatic heterocycles. The average molecular weight is 497 g/mol. The number of aliphatic imine (C=N–C) groups is 1. The lowest BCUT2D eigenvalue weighted by atomic mass is 10.2. The van der Waals surface area contributed by atoms with Gasteiger partial charge in [-0.15, -0.1) is 24.0 Å². The van der Waals surface area contributed by atoms with Gasteiger partial charge in [-0.25, -0.2) is 9.98 Å². The van der Waals surface area contributed by atoms with E-state index < -0.39 is 0 Å². The van der Waals surface area contributed by atoms with Crippen molar-refractivity contribution < 1.29 is 4.42 Å². The Hall–Kier alpha value is -2.06. The minimum Gasteiger partial charge on any atom is -0.444 e. The minimum absolute atomic E-state index is 0. The first kappa shape index (κ1) is 21.2. The average Bonchev–Trinajstić information content (AvgIpc) is 3.15. The van der Waals surface area contributed by atoms with Crippen LogP contribution in [0.4, 0.5) is 0 Å². The van der Waals surface area contributed by atoms with Crippen molar-refractivity contribution in [2.45, 2.75) is 20.0 Å². The maximum atomic E-state index is 5.91. The lowest BCUT2D eigenvalue weighted by Gasteiger charge is -2.10. The monoisotopic (exact) mass is 496 g/mol. The first-order chi connectivity index (χ1) is 12.7. The fourth-order valence-electron chi connectivity index (χ4n) is 2.38. The van der Waals surface area contributed by atoms with Gasteiger partial charge in [0.05, 0.1) is 18.8 Å². The Labute approximate surface area is 181 Å². The molecule has 142 valence electrons. The Morgan fingerprint density at radius 2 is 1.81 bits per heavy atom. The number of hydrogen-bond acceptors (Lipinski definition) is 3. The van der Waals surface area contributed by atoms with Crippen LogP contribution < -0.4 is 10.6 Å². The van der Waals surface area contributed by atoms with E-state index in [1.54, 1.807) is 6.26 Å². The molecule has 0 unspecified atom stereocenters. The Morgan fingerprint density at radius 1 is 1.07 bits per heavy atom. The van der Waals surface area contributed by atoms with E-state index in [0.717, 1.165) is 34.3 Å². The van der Waals surface area contributed by atoms with E-state index >= 15 is 0 Å². The second-order valence-electron chi connectivity index (χ2n) is 5.69. The molecule has 0 saturated heterocycles. The third kappa shape index (κ3) is 6.55. The van der Waals surface area contributed by atoms with Gasteiger partial charge in [0.15, 0.2) is 5.96 Å². The van der Waals surface area contributed by atoms with Crippen LogP contribution in [0.25, 0.3) is 11.5 Å². The van der Waals surface area contributed by atoms with Crippen LogP contribution in [0.5, 0.6) is 0 Å². The molecule has 0 amide bonds. The zero-order chi connectivity index (χ0) is 18.2. The highest BCUT2D eigenvalue weighted by Crippen LogP contribution is 2.17. The summed E-state index contributed by atoms with van der Waals surface area (Å²) in [4.78, 5) is 9.10. The van der Waals surface area contributed by atoms with Crippen molar-refractivity contribution in [2.24, 2.45) is 4.99 Å². The highest BCUT2D eigenvalue weighted by molar-refractivity contribution is 14.0. The first-order valence-corrected chi connectivity index (χ1v) is 8.89. The van der Waals surface area contributed by atoms with E-state index in [-0.39, 0.29) is 24.0 Å². The van der Waals surface area contributed by atoms with Crippen molar-refractivity contribution in [3.05, 3.63) is 77.1 Å². The molecule has 0 bridgehead atoms. The molecule has 7 heteroatoms. The maximum absolute atomic E-state index is 5.91. The van der Waals surface area contributed by atoms with Crippen molar-refractivity contribution >= 4 is 41.5 Å². The molecule has 27 heavy (non-hydrogen) atoms. The molecule has 2 N–H and O–H groups in total. The number of rotatable bonds is 6. The molecule has 0 aliphatic rings. The van der Waals surface area contributed by atoms with E-state index in [0.29, 0.717) is 19.0 Å². The molecule has 3 aromatic rings. The van der Waals surface area contributed by atoms with E-state index in [1.165, 1.54) is 0 Å². The Bertz CT molecular complexity index is 850. The summed E-state index contributed by atoms with van der Waals surface area (Å²) in [6, 6.07) is 17.5. The number of guanidine groups is 1. The molecule has 0 saturated carbocycles. The number of aromatic nitrogens is 1. The normalized spacial score (nSPS) is 11.0. The third-order valence-electron chi connectivity index (χ3n) is 3.69. The minimum atomic E-state index is 0. The van der Waals surface area contributed by atoms with E-state index in [1.807, 2.05) is 61.5 Å². The maximum Gasteiger partial charge on any atom is 0.226 e. The summed E-state index contributed by atoms with van der Waals surface area (Å²) in [6.45, 7) is 3.91. The second-order valence-corrected chi connectivity index (χ2v) is 6.12. The Kier molecular flexibility index (Phi) is 8.60. The largest absolute Gasteiger partial charge is 0.444 e. The SMILES string of the molecule is CCNC(=NCc1ccc(Cl)cc1)NCc1coc(-c2ccccc2)n1.I. The predicted octanol–water partition coefficient (Wildman–Crippen LogP) is 4.87. The van der Waals surface area contributed by atoms with Gasteiger partial charge in [0.2, 0.25) is 5.89 Å². The van der Waals surface area contributed by atoms with Gasteiger partial charge in [-0.2, -0.15) is 0 Å². The summed E-state index contributed by atoms with van der Waals surface area (Å²) in [5.74, 6) is 1.34. The van der Waals surface area contributed by atoms with Crippen LogP contribution in [-0.4, -0.2) is 17.5 Å². The highest BCUT2D eigenvalue weighted by atomic mass is 127.